The van der Waals surface area contributed by atoms with Crippen molar-refractivity contribution in [3.05, 3.63) is 85.1 Å². The lowest BCUT2D eigenvalue weighted by molar-refractivity contribution is -0.151. The molecule has 0 saturated carbocycles. The molecule has 6 heteroatoms. The highest BCUT2D eigenvalue weighted by atomic mass is 16.5. The minimum absolute atomic E-state index is 0.0499. The van der Waals surface area contributed by atoms with Crippen molar-refractivity contribution in [2.45, 2.75) is 244 Å². The number of carbonyl (C=O) groups excluding carboxylic acids is 2. The van der Waals surface area contributed by atoms with Crippen LogP contribution in [0.15, 0.2) is 85.1 Å². The maximum atomic E-state index is 13.2. The maximum Gasteiger partial charge on any atom is 0.306 e. The van der Waals surface area contributed by atoms with Crippen LogP contribution in [0.5, 0.6) is 0 Å². The molecule has 0 aromatic heterocycles. The van der Waals surface area contributed by atoms with Gasteiger partial charge in [0.15, 0.2) is 0 Å². The van der Waals surface area contributed by atoms with Crippen LogP contribution in [0.2, 0.25) is 0 Å². The number of hydrogen-bond acceptors (Lipinski definition) is 5. The highest BCUT2D eigenvalue weighted by Gasteiger charge is 2.24. The quantitative estimate of drug-likeness (QED) is 0.0322. The average molecular weight is 850 g/mol. The minimum Gasteiger partial charge on any atom is -0.462 e. The zero-order chi connectivity index (χ0) is 44.5. The van der Waals surface area contributed by atoms with Crippen LogP contribution >= 0.6 is 0 Å². The summed E-state index contributed by atoms with van der Waals surface area (Å²) in [6.45, 7) is 6.29. The third-order valence-electron chi connectivity index (χ3n) is 11.1. The molecule has 3 N–H and O–H groups in total. The van der Waals surface area contributed by atoms with Gasteiger partial charge in [-0.25, -0.2) is 0 Å². The molecule has 0 fully saturated rings. The van der Waals surface area contributed by atoms with Gasteiger partial charge >= 0.3 is 5.97 Å². The number of allylic oxidation sites excluding steroid dienone is 14. The molecule has 350 valence electrons. The lowest BCUT2D eigenvalue weighted by Gasteiger charge is -2.24. The fraction of sp³-hybridized carbons (Fsp3) is 0.709. The zero-order valence-electron chi connectivity index (χ0n) is 39.8. The Kier molecular flexibility index (Phi) is 45.7. The van der Waals surface area contributed by atoms with Gasteiger partial charge in [0.25, 0.3) is 0 Å². The van der Waals surface area contributed by atoms with E-state index in [4.69, 9.17) is 4.74 Å². The van der Waals surface area contributed by atoms with Crippen LogP contribution in [0, 0.1) is 0 Å². The molecule has 3 unspecified atom stereocenters. The summed E-state index contributed by atoms with van der Waals surface area (Å²) in [7, 11) is 0. The van der Waals surface area contributed by atoms with Crippen molar-refractivity contribution < 1.29 is 24.5 Å². The molecular formula is C55H95NO5. The molecule has 6 nitrogen and oxygen atoms in total. The van der Waals surface area contributed by atoms with E-state index in [9.17, 15) is 19.8 Å². The first-order chi connectivity index (χ1) is 30.0. The Morgan fingerprint density at radius 3 is 1.38 bits per heavy atom. The Morgan fingerprint density at radius 1 is 0.492 bits per heavy atom. The van der Waals surface area contributed by atoms with Gasteiger partial charge in [-0.15, -0.1) is 0 Å². The summed E-state index contributed by atoms with van der Waals surface area (Å²) < 4.78 is 5.91. The molecule has 0 aliphatic carbocycles. The normalized spacial score (nSPS) is 14.0. The second-order valence-corrected chi connectivity index (χ2v) is 17.0. The Morgan fingerprint density at radius 2 is 0.885 bits per heavy atom. The van der Waals surface area contributed by atoms with E-state index in [1.165, 1.54) is 70.6 Å². The van der Waals surface area contributed by atoms with Gasteiger partial charge in [0.1, 0.15) is 6.10 Å². The van der Waals surface area contributed by atoms with E-state index >= 15 is 0 Å². The summed E-state index contributed by atoms with van der Waals surface area (Å²) in [6, 6.07) is -0.717. The summed E-state index contributed by atoms with van der Waals surface area (Å²) in [5, 5.41) is 23.7. The van der Waals surface area contributed by atoms with Crippen molar-refractivity contribution >= 4 is 11.9 Å². The molecule has 3 atom stereocenters. The number of hydrogen-bond donors (Lipinski definition) is 3. The minimum atomic E-state index is -0.801. The molecule has 0 aliphatic heterocycles. The van der Waals surface area contributed by atoms with Crippen molar-refractivity contribution in [3.63, 3.8) is 0 Å². The monoisotopic (exact) mass is 850 g/mol. The Hall–Kier alpha value is -2.96. The topological polar surface area (TPSA) is 95.9 Å². The van der Waals surface area contributed by atoms with Crippen LogP contribution in [0.25, 0.3) is 0 Å². The van der Waals surface area contributed by atoms with Crippen molar-refractivity contribution in [1.82, 2.24) is 5.32 Å². The molecule has 61 heavy (non-hydrogen) atoms. The molecule has 0 aliphatic rings. The predicted octanol–water partition coefficient (Wildman–Crippen LogP) is 15.2. The summed E-state index contributed by atoms with van der Waals surface area (Å²) >= 11 is 0. The van der Waals surface area contributed by atoms with E-state index in [1.807, 2.05) is 0 Å². The van der Waals surface area contributed by atoms with E-state index < -0.39 is 18.2 Å². The van der Waals surface area contributed by atoms with E-state index in [0.717, 1.165) is 109 Å². The van der Waals surface area contributed by atoms with Crippen LogP contribution < -0.4 is 5.32 Å². The van der Waals surface area contributed by atoms with Gasteiger partial charge in [-0.2, -0.15) is 0 Å². The van der Waals surface area contributed by atoms with E-state index in [2.05, 4.69) is 111 Å². The molecular weight excluding hydrogens is 755 g/mol. The lowest BCUT2D eigenvalue weighted by Crippen LogP contribution is -2.46. The molecule has 0 rings (SSSR count). The highest BCUT2D eigenvalue weighted by Crippen LogP contribution is 2.17. The van der Waals surface area contributed by atoms with Gasteiger partial charge in [0, 0.05) is 6.42 Å². The third-order valence-corrected chi connectivity index (χ3v) is 11.1. The summed E-state index contributed by atoms with van der Waals surface area (Å²) in [6.07, 6.45) is 62.0. The van der Waals surface area contributed by atoms with Gasteiger partial charge in [-0.05, 0) is 70.6 Å². The van der Waals surface area contributed by atoms with Crippen molar-refractivity contribution in [3.8, 4) is 0 Å². The summed E-state index contributed by atoms with van der Waals surface area (Å²) in [5.74, 6) is -0.526. The lowest BCUT2D eigenvalue weighted by atomic mass is 10.0. The second-order valence-electron chi connectivity index (χ2n) is 17.0. The molecule has 0 heterocycles. The van der Waals surface area contributed by atoms with Gasteiger partial charge < -0.3 is 20.3 Å². The van der Waals surface area contributed by atoms with Gasteiger partial charge in [-0.1, -0.05) is 228 Å². The number of carbonyl (C=O) groups is 2. The van der Waals surface area contributed by atoms with Crippen LogP contribution in [0.1, 0.15) is 226 Å². The fourth-order valence-corrected chi connectivity index (χ4v) is 7.26. The van der Waals surface area contributed by atoms with E-state index in [1.54, 1.807) is 0 Å². The molecule has 1 amide bonds. The SMILES string of the molecule is CC/C=C/C=C/C=C/CCCCCCCC(CC(=O)NC(CO)C(O)CCCCCCCCCCCCC)OC(=O)CCCCCCC/C=C/C=C/C=C/C=C/CCCCC. The Bertz CT molecular complexity index is 1180. The predicted molar refractivity (Wildman–Crippen MR) is 264 cm³/mol. The number of ether oxygens (including phenoxy) is 1. The number of rotatable bonds is 44. The van der Waals surface area contributed by atoms with E-state index in [0.29, 0.717) is 19.3 Å². The third kappa shape index (κ3) is 43.5. The van der Waals surface area contributed by atoms with Gasteiger partial charge in [0.2, 0.25) is 5.91 Å². The molecule has 0 saturated heterocycles. The van der Waals surface area contributed by atoms with Crippen LogP contribution in [-0.2, 0) is 14.3 Å². The number of aliphatic hydroxyl groups excluding tert-OH is 2. The van der Waals surface area contributed by atoms with Crippen LogP contribution in [0.3, 0.4) is 0 Å². The molecule has 0 bridgehead atoms. The van der Waals surface area contributed by atoms with Crippen molar-refractivity contribution in [2.24, 2.45) is 0 Å². The molecule has 0 radical (unpaired) electrons. The molecule has 0 aromatic carbocycles. The fourth-order valence-electron chi connectivity index (χ4n) is 7.26. The van der Waals surface area contributed by atoms with Crippen molar-refractivity contribution in [2.75, 3.05) is 6.61 Å². The zero-order valence-corrected chi connectivity index (χ0v) is 39.8. The Balaban J connectivity index is 4.66. The summed E-state index contributed by atoms with van der Waals surface area (Å²) in [5.41, 5.74) is 0. The van der Waals surface area contributed by atoms with Gasteiger partial charge in [-0.3, -0.25) is 9.59 Å². The number of amides is 1. The molecule has 0 spiro atoms. The number of unbranched alkanes of at least 4 members (excludes halogenated alkanes) is 23. The Labute approximate surface area is 376 Å². The average Bonchev–Trinajstić information content (AvgIpc) is 3.25. The second kappa shape index (κ2) is 48.1. The summed E-state index contributed by atoms with van der Waals surface area (Å²) in [4.78, 5) is 26.1. The number of aliphatic hydroxyl groups is 2. The maximum absolute atomic E-state index is 13.2. The van der Waals surface area contributed by atoms with Gasteiger partial charge in [0.05, 0.1) is 25.2 Å². The van der Waals surface area contributed by atoms with Crippen LogP contribution in [-0.4, -0.2) is 46.9 Å². The largest absolute Gasteiger partial charge is 0.462 e. The standard InChI is InChI=1S/C55H95NO5/c1-4-7-10-13-16-19-22-24-25-26-27-28-30-33-36-39-42-45-48-55(60)61-51(46-43-40-37-34-32-29-23-20-17-14-11-8-5-2)49-54(59)56-52(50-57)53(58)47-44-41-38-35-31-21-18-15-12-9-6-3/h8,11,14,16-17,19-20,22-28,51-53,57-58H,4-7,9-10,12-13,15,18,21,29-50H2,1-3H3,(H,56,59)/b11-8+,17-14+,19-16+,23-20+,24-22+,26-25+,28-27+. The first-order valence-electron chi connectivity index (χ1n) is 25.4. The van der Waals surface area contributed by atoms with Crippen molar-refractivity contribution in [1.29, 1.82) is 0 Å². The molecule has 0 aromatic rings. The smallest absolute Gasteiger partial charge is 0.306 e. The number of esters is 1. The first kappa shape index (κ1) is 58.0. The highest BCUT2D eigenvalue weighted by molar-refractivity contribution is 5.77. The van der Waals surface area contributed by atoms with E-state index in [-0.39, 0.29) is 24.9 Å². The first-order valence-corrected chi connectivity index (χ1v) is 25.4. The number of nitrogens with one attached hydrogen (secondary N) is 1. The van der Waals surface area contributed by atoms with Crippen LogP contribution in [0.4, 0.5) is 0 Å².